The van der Waals surface area contributed by atoms with Gasteiger partial charge in [0.1, 0.15) is 5.82 Å². The number of anilines is 1. The fourth-order valence-electron chi connectivity index (χ4n) is 2.26. The Kier molecular flexibility index (Phi) is 6.15. The summed E-state index contributed by atoms with van der Waals surface area (Å²) < 4.78 is 12.8. The lowest BCUT2D eigenvalue weighted by Crippen LogP contribution is -2.27. The van der Waals surface area contributed by atoms with E-state index in [2.05, 4.69) is 36.6 Å². The predicted octanol–water partition coefficient (Wildman–Crippen LogP) is 3.60. The van der Waals surface area contributed by atoms with Crippen molar-refractivity contribution >= 4 is 11.6 Å². The SMILES string of the molecule is Cc1ccc(NCCC(=O)NCCc2ccc(F)cc2)cc1C. The highest BCUT2D eigenvalue weighted by Gasteiger charge is 2.02. The quantitative estimate of drug-likeness (QED) is 0.820. The summed E-state index contributed by atoms with van der Waals surface area (Å²) in [5.74, 6) is -0.223. The Morgan fingerprint density at radius 1 is 1.00 bits per heavy atom. The lowest BCUT2D eigenvalue weighted by Gasteiger charge is -2.09. The van der Waals surface area contributed by atoms with Crippen molar-refractivity contribution in [1.82, 2.24) is 5.32 Å². The largest absolute Gasteiger partial charge is 0.385 e. The van der Waals surface area contributed by atoms with Gasteiger partial charge in [-0.05, 0) is 61.2 Å². The van der Waals surface area contributed by atoms with E-state index in [4.69, 9.17) is 0 Å². The van der Waals surface area contributed by atoms with E-state index in [1.807, 2.05) is 6.07 Å². The van der Waals surface area contributed by atoms with Crippen molar-refractivity contribution in [3.8, 4) is 0 Å². The summed E-state index contributed by atoms with van der Waals surface area (Å²) in [7, 11) is 0. The molecule has 0 fully saturated rings. The highest BCUT2D eigenvalue weighted by atomic mass is 19.1. The molecule has 0 aliphatic rings. The van der Waals surface area contributed by atoms with Crippen molar-refractivity contribution < 1.29 is 9.18 Å². The molecule has 0 radical (unpaired) electrons. The van der Waals surface area contributed by atoms with Crippen LogP contribution in [0.3, 0.4) is 0 Å². The molecular weight excluding hydrogens is 291 g/mol. The Labute approximate surface area is 136 Å². The minimum Gasteiger partial charge on any atom is -0.385 e. The van der Waals surface area contributed by atoms with Crippen LogP contribution in [-0.4, -0.2) is 19.0 Å². The van der Waals surface area contributed by atoms with Crippen LogP contribution >= 0.6 is 0 Å². The first kappa shape index (κ1) is 17.0. The van der Waals surface area contributed by atoms with Crippen molar-refractivity contribution in [3.05, 3.63) is 65.0 Å². The van der Waals surface area contributed by atoms with Gasteiger partial charge in [-0.1, -0.05) is 18.2 Å². The lowest BCUT2D eigenvalue weighted by molar-refractivity contribution is -0.120. The van der Waals surface area contributed by atoms with Crippen molar-refractivity contribution in [3.63, 3.8) is 0 Å². The fourth-order valence-corrected chi connectivity index (χ4v) is 2.26. The van der Waals surface area contributed by atoms with E-state index < -0.39 is 0 Å². The normalized spacial score (nSPS) is 10.4. The third-order valence-corrected chi connectivity index (χ3v) is 3.84. The maximum atomic E-state index is 12.8. The second-order valence-electron chi connectivity index (χ2n) is 5.70. The zero-order valence-electron chi connectivity index (χ0n) is 13.7. The van der Waals surface area contributed by atoms with Crippen LogP contribution in [-0.2, 0) is 11.2 Å². The average Bonchev–Trinajstić information content (AvgIpc) is 2.53. The van der Waals surface area contributed by atoms with E-state index in [1.54, 1.807) is 12.1 Å². The van der Waals surface area contributed by atoms with Crippen LogP contribution in [0.25, 0.3) is 0 Å². The van der Waals surface area contributed by atoms with Gasteiger partial charge in [0.15, 0.2) is 0 Å². The molecule has 0 heterocycles. The van der Waals surface area contributed by atoms with Gasteiger partial charge in [0, 0.05) is 25.2 Å². The minimum absolute atomic E-state index is 0.0171. The number of nitrogens with one attached hydrogen (secondary N) is 2. The Hall–Kier alpha value is -2.36. The number of benzene rings is 2. The number of rotatable bonds is 7. The molecule has 2 rings (SSSR count). The maximum absolute atomic E-state index is 12.8. The van der Waals surface area contributed by atoms with Gasteiger partial charge in [0.25, 0.3) is 0 Å². The Morgan fingerprint density at radius 3 is 2.43 bits per heavy atom. The number of amides is 1. The maximum Gasteiger partial charge on any atom is 0.221 e. The van der Waals surface area contributed by atoms with Crippen LogP contribution in [0, 0.1) is 19.7 Å². The molecule has 122 valence electrons. The minimum atomic E-state index is -0.241. The number of hydrogen-bond donors (Lipinski definition) is 2. The van der Waals surface area contributed by atoms with Gasteiger partial charge in [-0.25, -0.2) is 4.39 Å². The first-order chi connectivity index (χ1) is 11.0. The van der Waals surface area contributed by atoms with Gasteiger partial charge in [-0.15, -0.1) is 0 Å². The first-order valence-electron chi connectivity index (χ1n) is 7.87. The molecule has 0 atom stereocenters. The summed E-state index contributed by atoms with van der Waals surface area (Å²) in [6, 6.07) is 12.5. The summed E-state index contributed by atoms with van der Waals surface area (Å²) in [5.41, 5.74) is 4.54. The average molecular weight is 314 g/mol. The van der Waals surface area contributed by atoms with Crippen LogP contribution < -0.4 is 10.6 Å². The molecule has 0 aromatic heterocycles. The standard InChI is InChI=1S/C19H23FN2O/c1-14-3-8-18(13-15(14)2)21-12-10-19(23)22-11-9-16-4-6-17(20)7-5-16/h3-8,13,21H,9-12H2,1-2H3,(H,22,23). The van der Waals surface area contributed by atoms with Crippen LogP contribution in [0.4, 0.5) is 10.1 Å². The topological polar surface area (TPSA) is 41.1 Å². The molecule has 0 unspecified atom stereocenters. The van der Waals surface area contributed by atoms with E-state index in [0.29, 0.717) is 25.9 Å². The van der Waals surface area contributed by atoms with Crippen LogP contribution in [0.2, 0.25) is 0 Å². The molecule has 0 spiro atoms. The van der Waals surface area contributed by atoms with E-state index >= 15 is 0 Å². The number of hydrogen-bond acceptors (Lipinski definition) is 2. The Morgan fingerprint density at radius 2 is 1.74 bits per heavy atom. The predicted molar refractivity (Wildman–Crippen MR) is 92.1 cm³/mol. The molecule has 0 saturated heterocycles. The molecular formula is C19H23FN2O. The lowest BCUT2D eigenvalue weighted by atomic mass is 10.1. The zero-order chi connectivity index (χ0) is 16.7. The third kappa shape index (κ3) is 5.74. The van der Waals surface area contributed by atoms with Crippen molar-refractivity contribution in [1.29, 1.82) is 0 Å². The smallest absolute Gasteiger partial charge is 0.221 e. The monoisotopic (exact) mass is 314 g/mol. The highest BCUT2D eigenvalue weighted by molar-refractivity contribution is 5.76. The van der Waals surface area contributed by atoms with Crippen molar-refractivity contribution in [2.45, 2.75) is 26.7 Å². The Balaban J connectivity index is 1.65. The number of halogens is 1. The molecule has 1 amide bonds. The molecule has 0 aliphatic carbocycles. The first-order valence-corrected chi connectivity index (χ1v) is 7.87. The van der Waals surface area contributed by atoms with E-state index in [0.717, 1.165) is 11.3 Å². The molecule has 3 nitrogen and oxygen atoms in total. The van der Waals surface area contributed by atoms with Gasteiger partial charge < -0.3 is 10.6 Å². The summed E-state index contributed by atoms with van der Waals surface area (Å²) in [6.45, 7) is 5.31. The van der Waals surface area contributed by atoms with Crippen LogP contribution in [0.5, 0.6) is 0 Å². The number of aryl methyl sites for hydroxylation is 2. The molecule has 0 bridgehead atoms. The van der Waals surface area contributed by atoms with Crippen molar-refractivity contribution in [2.24, 2.45) is 0 Å². The van der Waals surface area contributed by atoms with Gasteiger partial charge in [-0.3, -0.25) is 4.79 Å². The molecule has 4 heteroatoms. The highest BCUT2D eigenvalue weighted by Crippen LogP contribution is 2.13. The van der Waals surface area contributed by atoms with E-state index in [-0.39, 0.29) is 11.7 Å². The van der Waals surface area contributed by atoms with Gasteiger partial charge >= 0.3 is 0 Å². The molecule has 2 N–H and O–H groups in total. The third-order valence-electron chi connectivity index (χ3n) is 3.84. The van der Waals surface area contributed by atoms with E-state index in [9.17, 15) is 9.18 Å². The van der Waals surface area contributed by atoms with Gasteiger partial charge in [0.05, 0.1) is 0 Å². The van der Waals surface area contributed by atoms with Gasteiger partial charge in [-0.2, -0.15) is 0 Å². The van der Waals surface area contributed by atoms with Crippen molar-refractivity contribution in [2.75, 3.05) is 18.4 Å². The molecule has 2 aromatic carbocycles. The van der Waals surface area contributed by atoms with E-state index in [1.165, 1.54) is 23.3 Å². The van der Waals surface area contributed by atoms with Gasteiger partial charge in [0.2, 0.25) is 5.91 Å². The molecule has 23 heavy (non-hydrogen) atoms. The summed E-state index contributed by atoms with van der Waals surface area (Å²) >= 11 is 0. The summed E-state index contributed by atoms with van der Waals surface area (Å²) in [5, 5.41) is 6.14. The number of carbonyl (C=O) groups is 1. The number of carbonyl (C=O) groups excluding carboxylic acids is 1. The fraction of sp³-hybridized carbons (Fsp3) is 0.316. The zero-order valence-corrected chi connectivity index (χ0v) is 13.7. The Bertz CT molecular complexity index is 653. The molecule has 0 aliphatic heterocycles. The molecule has 2 aromatic rings. The van der Waals surface area contributed by atoms with Crippen LogP contribution in [0.15, 0.2) is 42.5 Å². The van der Waals surface area contributed by atoms with Crippen LogP contribution in [0.1, 0.15) is 23.1 Å². The summed E-state index contributed by atoms with van der Waals surface area (Å²) in [6.07, 6.45) is 1.13. The molecule has 0 saturated carbocycles. The second-order valence-corrected chi connectivity index (χ2v) is 5.70. The summed E-state index contributed by atoms with van der Waals surface area (Å²) in [4.78, 5) is 11.8. The second kappa shape index (κ2) is 8.32.